The van der Waals surface area contributed by atoms with Crippen LogP contribution in [0, 0.1) is 6.92 Å². The highest BCUT2D eigenvalue weighted by atomic mass is 32.2. The van der Waals surface area contributed by atoms with Crippen molar-refractivity contribution in [3.05, 3.63) is 63.7 Å². The summed E-state index contributed by atoms with van der Waals surface area (Å²) in [5.41, 5.74) is 4.33. The summed E-state index contributed by atoms with van der Waals surface area (Å²) in [6.07, 6.45) is 0.778. The first-order valence-corrected chi connectivity index (χ1v) is 11.7. The molecule has 0 bridgehead atoms. The van der Waals surface area contributed by atoms with Crippen molar-refractivity contribution in [3.8, 4) is 0 Å². The average Bonchev–Trinajstić information content (AvgIpc) is 2.79. The molecule has 0 atom stereocenters. The average molecular weight is 439 g/mol. The Morgan fingerprint density at radius 1 is 1.16 bits per heavy atom. The molecule has 1 fully saturated rings. The molecule has 31 heavy (non-hydrogen) atoms. The van der Waals surface area contributed by atoms with Crippen LogP contribution in [-0.4, -0.2) is 35.9 Å². The molecule has 1 aromatic heterocycles. The summed E-state index contributed by atoms with van der Waals surface area (Å²) in [6, 6.07) is 12.2. The second kappa shape index (κ2) is 9.42. The van der Waals surface area contributed by atoms with Crippen LogP contribution in [0.25, 0.3) is 10.9 Å². The first kappa shape index (κ1) is 21.9. The second-order valence-corrected chi connectivity index (χ2v) is 9.05. The lowest BCUT2D eigenvalue weighted by atomic mass is 10.1. The summed E-state index contributed by atoms with van der Waals surface area (Å²) in [7, 11) is 0. The molecule has 0 saturated carbocycles. The molecule has 0 radical (unpaired) electrons. The number of benzene rings is 2. The molecule has 0 spiro atoms. The van der Waals surface area contributed by atoms with Gasteiger partial charge < -0.3 is 9.64 Å². The quantitative estimate of drug-likeness (QED) is 0.589. The molecule has 0 unspecified atom stereocenters. The largest absolute Gasteiger partial charge is 0.378 e. The van der Waals surface area contributed by atoms with Gasteiger partial charge in [-0.05, 0) is 66.8 Å². The third-order valence-electron chi connectivity index (χ3n) is 5.92. The van der Waals surface area contributed by atoms with E-state index in [9.17, 15) is 4.79 Å². The summed E-state index contributed by atoms with van der Waals surface area (Å²) in [6.45, 7) is 10.1. The number of morpholine rings is 1. The minimum atomic E-state index is 0.0361. The summed E-state index contributed by atoms with van der Waals surface area (Å²) < 4.78 is 7.31. The van der Waals surface area contributed by atoms with Gasteiger partial charge in [0.2, 0.25) is 0 Å². The molecule has 4 rings (SSSR count). The topological polar surface area (TPSA) is 73.4 Å². The van der Waals surface area contributed by atoms with Gasteiger partial charge >= 0.3 is 0 Å². The van der Waals surface area contributed by atoms with E-state index in [0.29, 0.717) is 11.9 Å². The van der Waals surface area contributed by atoms with Crippen molar-refractivity contribution < 1.29 is 4.74 Å². The molecule has 1 aliphatic heterocycles. The fourth-order valence-electron chi connectivity index (χ4n) is 4.16. The van der Waals surface area contributed by atoms with Crippen LogP contribution in [0.3, 0.4) is 0 Å². The number of anilines is 1. The van der Waals surface area contributed by atoms with Gasteiger partial charge in [-0.1, -0.05) is 19.9 Å². The highest BCUT2D eigenvalue weighted by molar-refractivity contribution is 7.97. The van der Waals surface area contributed by atoms with E-state index < -0.39 is 0 Å². The van der Waals surface area contributed by atoms with E-state index in [-0.39, 0.29) is 11.5 Å². The Labute approximate surface area is 187 Å². The molecule has 1 saturated heterocycles. The van der Waals surface area contributed by atoms with Gasteiger partial charge in [-0.2, -0.15) is 0 Å². The van der Waals surface area contributed by atoms with Crippen molar-refractivity contribution in [3.63, 3.8) is 0 Å². The molecular formula is C24H30N4O2S. The molecule has 164 valence electrons. The normalized spacial score (nSPS) is 14.5. The smallest absolute Gasteiger partial charge is 0.261 e. The minimum absolute atomic E-state index is 0.0361. The molecule has 7 heteroatoms. The van der Waals surface area contributed by atoms with E-state index in [4.69, 9.17) is 14.9 Å². The summed E-state index contributed by atoms with van der Waals surface area (Å²) in [5.74, 6) is 0.990. The summed E-state index contributed by atoms with van der Waals surface area (Å²) >= 11 is 1.25. The van der Waals surface area contributed by atoms with E-state index in [1.54, 1.807) is 0 Å². The van der Waals surface area contributed by atoms with Crippen molar-refractivity contribution in [1.82, 2.24) is 9.55 Å². The maximum absolute atomic E-state index is 13.4. The van der Waals surface area contributed by atoms with Gasteiger partial charge in [-0.15, -0.1) is 0 Å². The Hall–Kier alpha value is -2.35. The molecule has 0 aliphatic carbocycles. The van der Waals surface area contributed by atoms with Gasteiger partial charge in [-0.25, -0.2) is 4.98 Å². The second-order valence-electron chi connectivity index (χ2n) is 8.34. The maximum atomic E-state index is 13.4. The Kier molecular flexibility index (Phi) is 6.65. The van der Waals surface area contributed by atoms with Crippen LogP contribution in [0.5, 0.6) is 0 Å². The van der Waals surface area contributed by atoms with Gasteiger partial charge in [0.05, 0.1) is 24.1 Å². The van der Waals surface area contributed by atoms with Crippen LogP contribution in [0.1, 0.15) is 36.7 Å². The lowest BCUT2D eigenvalue weighted by Gasteiger charge is -2.29. The van der Waals surface area contributed by atoms with Crippen molar-refractivity contribution in [2.75, 3.05) is 31.2 Å². The van der Waals surface area contributed by atoms with E-state index >= 15 is 0 Å². The Morgan fingerprint density at radius 2 is 1.94 bits per heavy atom. The van der Waals surface area contributed by atoms with Gasteiger partial charge in [-0.3, -0.25) is 14.5 Å². The van der Waals surface area contributed by atoms with Crippen LogP contribution in [0.2, 0.25) is 0 Å². The van der Waals surface area contributed by atoms with E-state index in [2.05, 4.69) is 37.8 Å². The van der Waals surface area contributed by atoms with Crippen molar-refractivity contribution in [1.29, 1.82) is 0 Å². The number of aromatic nitrogens is 2. The van der Waals surface area contributed by atoms with E-state index in [1.165, 1.54) is 23.1 Å². The van der Waals surface area contributed by atoms with Crippen LogP contribution in [0.4, 0.5) is 5.69 Å². The van der Waals surface area contributed by atoms with Gasteiger partial charge in [0, 0.05) is 36.1 Å². The zero-order valence-electron chi connectivity index (χ0n) is 18.4. The molecule has 2 N–H and O–H groups in total. The van der Waals surface area contributed by atoms with E-state index in [1.807, 2.05) is 28.8 Å². The SMILES string of the molecule is Cc1cc(SN)ccc1CCn1c(C(C)C)nc2cc(N3CCOCC3)ccc2c1=O. The third-order valence-corrected chi connectivity index (χ3v) is 6.44. The number of nitrogens with two attached hydrogens (primary N) is 1. The first-order valence-electron chi connectivity index (χ1n) is 10.8. The van der Waals surface area contributed by atoms with Crippen LogP contribution < -0.4 is 15.6 Å². The Balaban J connectivity index is 1.68. The number of hydrogen-bond acceptors (Lipinski definition) is 6. The lowest BCUT2D eigenvalue weighted by molar-refractivity contribution is 0.122. The van der Waals surface area contributed by atoms with Gasteiger partial charge in [0.1, 0.15) is 5.82 Å². The van der Waals surface area contributed by atoms with Crippen molar-refractivity contribution in [2.24, 2.45) is 5.14 Å². The molecule has 3 aromatic rings. The van der Waals surface area contributed by atoms with Crippen LogP contribution in [-0.2, 0) is 17.7 Å². The molecule has 0 amide bonds. The number of rotatable bonds is 6. The molecule has 1 aliphatic rings. The Morgan fingerprint density at radius 3 is 2.61 bits per heavy atom. The summed E-state index contributed by atoms with van der Waals surface area (Å²) in [4.78, 5) is 21.7. The third kappa shape index (κ3) is 4.63. The fraction of sp³-hybridized carbons (Fsp3) is 0.417. The van der Waals surface area contributed by atoms with Crippen LogP contribution >= 0.6 is 11.9 Å². The minimum Gasteiger partial charge on any atom is -0.378 e. The number of ether oxygens (including phenoxy) is 1. The van der Waals surface area contributed by atoms with Gasteiger partial charge in [0.15, 0.2) is 0 Å². The van der Waals surface area contributed by atoms with Crippen LogP contribution in [0.15, 0.2) is 46.1 Å². The van der Waals surface area contributed by atoms with Gasteiger partial charge in [0.25, 0.3) is 5.56 Å². The zero-order chi connectivity index (χ0) is 22.0. The highest BCUT2D eigenvalue weighted by Gasteiger charge is 2.17. The van der Waals surface area contributed by atoms with Crippen molar-refractivity contribution in [2.45, 2.75) is 44.6 Å². The molecular weight excluding hydrogens is 408 g/mol. The molecule has 6 nitrogen and oxygen atoms in total. The number of fused-ring (bicyclic) bond motifs is 1. The Bertz CT molecular complexity index is 1140. The zero-order valence-corrected chi connectivity index (χ0v) is 19.2. The fourth-order valence-corrected chi connectivity index (χ4v) is 4.55. The van der Waals surface area contributed by atoms with Crippen molar-refractivity contribution >= 4 is 28.5 Å². The molecule has 2 heterocycles. The lowest BCUT2D eigenvalue weighted by Crippen LogP contribution is -2.36. The van der Waals surface area contributed by atoms with E-state index in [0.717, 1.165) is 54.6 Å². The predicted octanol–water partition coefficient (Wildman–Crippen LogP) is 3.87. The first-order chi connectivity index (χ1) is 15.0. The highest BCUT2D eigenvalue weighted by Crippen LogP contribution is 2.23. The summed E-state index contributed by atoms with van der Waals surface area (Å²) in [5, 5.41) is 6.35. The molecule has 2 aromatic carbocycles. The maximum Gasteiger partial charge on any atom is 0.261 e. The number of hydrogen-bond donors (Lipinski definition) is 1. The number of nitrogens with zero attached hydrogens (tertiary/aromatic N) is 3. The monoisotopic (exact) mass is 438 g/mol. The number of aryl methyl sites for hydroxylation is 2. The standard InChI is InChI=1S/C24H30N4O2S/c1-16(2)23-26-22-15-19(27-10-12-30-13-11-27)5-7-21(22)24(29)28(23)9-8-18-4-6-20(31-25)14-17(18)3/h4-7,14-16H,8-13,25H2,1-3H3. The predicted molar refractivity (Wildman–Crippen MR) is 128 cm³/mol.